The molecule has 0 aliphatic heterocycles. The van der Waals surface area contributed by atoms with E-state index in [1.807, 2.05) is 30.3 Å². The fraction of sp³-hybridized carbons (Fsp3) is 0.111. The van der Waals surface area contributed by atoms with Gasteiger partial charge >= 0.3 is 6.09 Å². The maximum Gasteiger partial charge on any atom is 0.408 e. The van der Waals surface area contributed by atoms with Crippen molar-refractivity contribution in [3.8, 4) is 17.9 Å². The zero-order valence-corrected chi connectivity index (χ0v) is 12.2. The summed E-state index contributed by atoms with van der Waals surface area (Å²) in [5.41, 5.74) is 1.33. The van der Waals surface area contributed by atoms with Gasteiger partial charge < -0.3 is 10.1 Å². The Kier molecular flexibility index (Phi) is 5.74. The lowest BCUT2D eigenvalue weighted by atomic mass is 10.1. The maximum absolute atomic E-state index is 13.1. The molecule has 0 radical (unpaired) electrons. The fourth-order valence-corrected chi connectivity index (χ4v) is 1.73. The van der Waals surface area contributed by atoms with E-state index in [-0.39, 0.29) is 18.7 Å². The number of carbonyl (C=O) groups excluding carboxylic acids is 1. The highest BCUT2D eigenvalue weighted by atomic mass is 19.1. The highest BCUT2D eigenvalue weighted by Gasteiger charge is 2.01. The van der Waals surface area contributed by atoms with Gasteiger partial charge in [0.25, 0.3) is 0 Å². The van der Waals surface area contributed by atoms with E-state index < -0.39 is 11.9 Å². The summed E-state index contributed by atoms with van der Waals surface area (Å²) in [5, 5.41) is 11.2. The SMILES string of the molecule is N#Cc1cc(C#CCNC(=O)OCc2ccccc2)ccc1F. The van der Waals surface area contributed by atoms with E-state index in [4.69, 9.17) is 10.00 Å². The molecule has 2 aromatic carbocycles. The van der Waals surface area contributed by atoms with Crippen molar-refractivity contribution >= 4 is 6.09 Å². The van der Waals surface area contributed by atoms with Crippen LogP contribution in [0.5, 0.6) is 0 Å². The van der Waals surface area contributed by atoms with E-state index in [0.29, 0.717) is 5.56 Å². The van der Waals surface area contributed by atoms with Crippen LogP contribution in [-0.4, -0.2) is 12.6 Å². The number of benzene rings is 2. The van der Waals surface area contributed by atoms with E-state index >= 15 is 0 Å². The van der Waals surface area contributed by atoms with E-state index in [1.54, 1.807) is 6.07 Å². The van der Waals surface area contributed by atoms with Gasteiger partial charge in [-0.25, -0.2) is 9.18 Å². The van der Waals surface area contributed by atoms with Gasteiger partial charge in [-0.2, -0.15) is 5.26 Å². The average Bonchev–Trinajstić information content (AvgIpc) is 2.59. The van der Waals surface area contributed by atoms with E-state index in [9.17, 15) is 9.18 Å². The van der Waals surface area contributed by atoms with Crippen LogP contribution in [0.15, 0.2) is 48.5 Å². The van der Waals surface area contributed by atoms with Gasteiger partial charge in [0.2, 0.25) is 0 Å². The van der Waals surface area contributed by atoms with Crippen LogP contribution in [0, 0.1) is 29.0 Å². The first kappa shape index (κ1) is 16.1. The molecule has 0 saturated heterocycles. The standard InChI is InChI=1S/C18H13FN2O2/c19-17-9-8-14(11-16(17)12-20)7-4-10-21-18(22)23-13-15-5-2-1-3-6-15/h1-3,5-6,8-9,11H,10,13H2,(H,21,22). The smallest absolute Gasteiger partial charge is 0.408 e. The summed E-state index contributed by atoms with van der Waals surface area (Å²) in [5.74, 6) is 4.86. The van der Waals surface area contributed by atoms with Crippen molar-refractivity contribution in [3.63, 3.8) is 0 Å². The zero-order valence-electron chi connectivity index (χ0n) is 12.2. The molecule has 5 heteroatoms. The molecule has 0 spiro atoms. The Balaban J connectivity index is 1.79. The number of rotatable bonds is 3. The topological polar surface area (TPSA) is 62.1 Å². The van der Waals surface area contributed by atoms with Crippen molar-refractivity contribution in [1.29, 1.82) is 5.26 Å². The predicted molar refractivity (Wildman–Crippen MR) is 82.6 cm³/mol. The third-order valence-electron chi connectivity index (χ3n) is 2.85. The number of ether oxygens (including phenoxy) is 1. The second kappa shape index (κ2) is 8.21. The summed E-state index contributed by atoms with van der Waals surface area (Å²) in [6.45, 7) is 0.274. The third kappa shape index (κ3) is 5.18. The second-order valence-corrected chi connectivity index (χ2v) is 4.52. The zero-order chi connectivity index (χ0) is 16.5. The number of hydrogen-bond donors (Lipinski definition) is 1. The normalized spacial score (nSPS) is 9.22. The first-order chi connectivity index (χ1) is 11.2. The first-order valence-corrected chi connectivity index (χ1v) is 6.82. The Morgan fingerprint density at radius 1 is 1.22 bits per heavy atom. The number of carbonyl (C=O) groups is 1. The molecule has 1 N–H and O–H groups in total. The number of hydrogen-bond acceptors (Lipinski definition) is 3. The summed E-state index contributed by atoms with van der Waals surface area (Å²) >= 11 is 0. The number of alkyl carbamates (subject to hydrolysis) is 1. The molecular weight excluding hydrogens is 295 g/mol. The summed E-state index contributed by atoms with van der Waals surface area (Å²) in [6, 6.07) is 15.1. The van der Waals surface area contributed by atoms with Crippen LogP contribution in [-0.2, 0) is 11.3 Å². The van der Waals surface area contributed by atoms with Crippen LogP contribution >= 0.6 is 0 Å². The van der Waals surface area contributed by atoms with Crippen LogP contribution < -0.4 is 5.32 Å². The molecule has 2 aromatic rings. The van der Waals surface area contributed by atoms with Crippen LogP contribution in [0.1, 0.15) is 16.7 Å². The van der Waals surface area contributed by atoms with Crippen molar-refractivity contribution in [2.75, 3.05) is 6.54 Å². The Morgan fingerprint density at radius 3 is 2.74 bits per heavy atom. The number of nitrogens with one attached hydrogen (secondary N) is 1. The van der Waals surface area contributed by atoms with Crippen LogP contribution in [0.4, 0.5) is 9.18 Å². The third-order valence-corrected chi connectivity index (χ3v) is 2.85. The first-order valence-electron chi connectivity index (χ1n) is 6.82. The molecule has 114 valence electrons. The van der Waals surface area contributed by atoms with Gasteiger partial charge in [-0.3, -0.25) is 0 Å². The van der Waals surface area contributed by atoms with Crippen molar-refractivity contribution in [1.82, 2.24) is 5.32 Å². The van der Waals surface area contributed by atoms with Gasteiger partial charge in [0.15, 0.2) is 0 Å². The summed E-state index contributed by atoms with van der Waals surface area (Å²) < 4.78 is 18.2. The van der Waals surface area contributed by atoms with Gasteiger partial charge in [-0.15, -0.1) is 0 Å². The minimum Gasteiger partial charge on any atom is -0.445 e. The molecule has 23 heavy (non-hydrogen) atoms. The largest absolute Gasteiger partial charge is 0.445 e. The van der Waals surface area contributed by atoms with Gasteiger partial charge in [0.05, 0.1) is 12.1 Å². The summed E-state index contributed by atoms with van der Waals surface area (Å²) in [4.78, 5) is 11.5. The molecule has 2 rings (SSSR count). The minimum absolute atomic E-state index is 0.0629. The molecule has 4 nitrogen and oxygen atoms in total. The molecule has 0 saturated carbocycles. The quantitative estimate of drug-likeness (QED) is 0.887. The second-order valence-electron chi connectivity index (χ2n) is 4.52. The van der Waals surface area contributed by atoms with Crippen molar-refractivity contribution in [2.24, 2.45) is 0 Å². The summed E-state index contributed by atoms with van der Waals surface area (Å²) in [7, 11) is 0. The number of nitrogens with zero attached hydrogens (tertiary/aromatic N) is 1. The van der Waals surface area contributed by atoms with Gasteiger partial charge in [0.1, 0.15) is 18.5 Å². The molecule has 0 heterocycles. The Labute approximate surface area is 133 Å². The molecule has 0 fully saturated rings. The highest BCUT2D eigenvalue weighted by molar-refractivity contribution is 5.67. The predicted octanol–water partition coefficient (Wildman–Crippen LogP) is 2.98. The van der Waals surface area contributed by atoms with E-state index in [2.05, 4.69) is 17.2 Å². The molecule has 0 aromatic heterocycles. The monoisotopic (exact) mass is 308 g/mol. The van der Waals surface area contributed by atoms with Gasteiger partial charge in [-0.05, 0) is 23.8 Å². The van der Waals surface area contributed by atoms with Crippen molar-refractivity contribution in [2.45, 2.75) is 6.61 Å². The molecule has 0 aliphatic carbocycles. The van der Waals surface area contributed by atoms with E-state index in [0.717, 1.165) is 5.56 Å². The minimum atomic E-state index is -0.583. The fourth-order valence-electron chi connectivity index (χ4n) is 1.73. The number of amides is 1. The lowest BCUT2D eigenvalue weighted by molar-refractivity contribution is 0.141. The number of nitriles is 1. The molecule has 0 atom stereocenters. The number of halogens is 1. The lowest BCUT2D eigenvalue weighted by Gasteiger charge is -2.04. The maximum atomic E-state index is 13.1. The Bertz CT molecular complexity index is 786. The van der Waals surface area contributed by atoms with Crippen LogP contribution in [0.2, 0.25) is 0 Å². The van der Waals surface area contributed by atoms with Crippen LogP contribution in [0.3, 0.4) is 0 Å². The Morgan fingerprint density at radius 2 is 2.00 bits per heavy atom. The van der Waals surface area contributed by atoms with Gasteiger partial charge in [0, 0.05) is 5.56 Å². The Hall–Kier alpha value is -3.31. The molecule has 0 unspecified atom stereocenters. The lowest BCUT2D eigenvalue weighted by Crippen LogP contribution is -2.24. The van der Waals surface area contributed by atoms with Gasteiger partial charge in [-0.1, -0.05) is 42.2 Å². The molecule has 1 amide bonds. The van der Waals surface area contributed by atoms with E-state index in [1.165, 1.54) is 18.2 Å². The van der Waals surface area contributed by atoms with Crippen molar-refractivity contribution < 1.29 is 13.9 Å². The highest BCUT2D eigenvalue weighted by Crippen LogP contribution is 2.08. The molecular formula is C18H13FN2O2. The van der Waals surface area contributed by atoms with Crippen molar-refractivity contribution in [3.05, 3.63) is 71.0 Å². The molecule has 0 aliphatic rings. The summed E-state index contributed by atoms with van der Waals surface area (Å²) in [6.07, 6.45) is -0.569. The van der Waals surface area contributed by atoms with Crippen LogP contribution in [0.25, 0.3) is 0 Å². The average molecular weight is 308 g/mol. The molecule has 0 bridgehead atoms.